The molecule has 30 heteroatoms. The molecule has 7 aliphatic rings. The minimum absolute atomic E-state index is 0.0101. The van der Waals surface area contributed by atoms with Crippen LogP contribution < -0.4 is 0 Å². The van der Waals surface area contributed by atoms with Crippen LogP contribution in [0.15, 0.2) is 0 Å². The molecule has 722 valence electrons. The average Bonchev–Trinajstić information content (AvgIpc) is 1.66. The molecule has 0 aliphatic carbocycles. The van der Waals surface area contributed by atoms with Crippen molar-refractivity contribution in [3.63, 3.8) is 0 Å². The van der Waals surface area contributed by atoms with Crippen molar-refractivity contribution >= 4 is 0 Å². The molecule has 0 aromatic carbocycles. The van der Waals surface area contributed by atoms with Crippen LogP contribution >= 0.6 is 0 Å². The normalized spacial score (nSPS) is 20.6. The molecule has 120 heavy (non-hydrogen) atoms. The summed E-state index contributed by atoms with van der Waals surface area (Å²) in [5.41, 5.74) is 0. The maximum atomic E-state index is 5.73. The molecule has 7 aliphatic heterocycles. The molecule has 0 radical (unpaired) electrons. The van der Waals surface area contributed by atoms with Crippen molar-refractivity contribution in [3.8, 4) is 0 Å². The third kappa shape index (κ3) is 82.5. The summed E-state index contributed by atoms with van der Waals surface area (Å²) in [6.07, 6.45) is 14.6. The molecule has 6 unspecified atom stereocenters. The number of fused-ring (bicyclic) bond motifs is 1. The van der Waals surface area contributed by atoms with Crippen LogP contribution in [-0.4, -0.2) is 448 Å². The fraction of sp³-hybridized carbons (Fsp3) is 1.00. The van der Waals surface area contributed by atoms with E-state index in [2.05, 4.69) is 31.5 Å². The van der Waals surface area contributed by atoms with E-state index in [0.29, 0.717) is 202 Å². The van der Waals surface area contributed by atoms with E-state index in [0.717, 1.165) is 92.1 Å². The van der Waals surface area contributed by atoms with Gasteiger partial charge in [0.1, 0.15) is 30.5 Å². The van der Waals surface area contributed by atoms with Crippen molar-refractivity contribution in [3.05, 3.63) is 0 Å². The maximum Gasteiger partial charge on any atom is 0.115 e. The van der Waals surface area contributed by atoms with Gasteiger partial charge in [0, 0.05) is 73.2 Å². The molecule has 7 fully saturated rings. The first-order chi connectivity index (χ1) is 57.9. The van der Waals surface area contributed by atoms with Gasteiger partial charge in [-0.25, -0.2) is 0 Å². The van der Waals surface area contributed by atoms with Crippen LogP contribution in [0.2, 0.25) is 0 Å². The van der Waals surface area contributed by atoms with Crippen molar-refractivity contribution < 1.29 is 118 Å². The maximum absolute atomic E-state index is 5.73. The molecule has 0 aromatic heterocycles. The Morgan fingerprint density at radius 2 is 0.633 bits per heavy atom. The Labute approximate surface area is 732 Å². The summed E-state index contributed by atoms with van der Waals surface area (Å²) in [6.45, 7) is 69.5. The summed E-state index contributed by atoms with van der Waals surface area (Å²) in [6, 6.07) is 0. The predicted molar refractivity (Wildman–Crippen MR) is 475 cm³/mol. The number of piperazine rings is 1. The van der Waals surface area contributed by atoms with Gasteiger partial charge in [0.15, 0.2) is 0 Å². The molecule has 0 aromatic rings. The van der Waals surface area contributed by atoms with Crippen LogP contribution in [0.5, 0.6) is 0 Å². The SMILES string of the molecule is CC(C)OCCOCCN(C)C.CC(C)OCCOCCN1CCCCC1.CC(C)OCCOCCN1CCCCC1.CC(C)OCCOCCN1CCN(C)CC1.CC(C)OCCOCCOCC1CCCCO1.CC(C)OCCOCCOCC1COCCO1.COC1COC2C(OCCOC(C)C)COC12.COCCOCCOC(C)C. The number of nitrogens with zero attached hydrogens (tertiary/aromatic N) is 5. The van der Waals surface area contributed by atoms with Crippen LogP contribution in [0.3, 0.4) is 0 Å². The quantitative estimate of drug-likeness (QED) is 0.0514. The minimum Gasteiger partial charge on any atom is -0.382 e. The lowest BCUT2D eigenvalue weighted by atomic mass is 10.1. The molecular formula is C90H187N5O25. The van der Waals surface area contributed by atoms with Gasteiger partial charge in [0.25, 0.3) is 0 Å². The number of piperidine rings is 2. The van der Waals surface area contributed by atoms with E-state index >= 15 is 0 Å². The van der Waals surface area contributed by atoms with Crippen molar-refractivity contribution in [1.82, 2.24) is 24.5 Å². The van der Waals surface area contributed by atoms with Gasteiger partial charge in [-0.1, -0.05) is 12.8 Å². The minimum atomic E-state index is 0.0101. The Kier molecular flexibility index (Phi) is 86.3. The number of hydrogen-bond donors (Lipinski definition) is 0. The second-order valence-electron chi connectivity index (χ2n) is 32.9. The summed E-state index contributed by atoms with van der Waals surface area (Å²) in [4.78, 5) is 11.9. The lowest BCUT2D eigenvalue weighted by Gasteiger charge is -2.32. The van der Waals surface area contributed by atoms with Gasteiger partial charge in [-0.3, -0.25) is 4.90 Å². The van der Waals surface area contributed by atoms with Crippen molar-refractivity contribution in [1.29, 1.82) is 0 Å². The highest BCUT2D eigenvalue weighted by atomic mass is 16.7. The van der Waals surface area contributed by atoms with E-state index in [1.165, 1.54) is 104 Å². The second kappa shape index (κ2) is 87.1. The lowest BCUT2D eigenvalue weighted by molar-refractivity contribution is -0.118. The van der Waals surface area contributed by atoms with E-state index in [1.807, 2.05) is 125 Å². The van der Waals surface area contributed by atoms with Gasteiger partial charge in [0.2, 0.25) is 0 Å². The van der Waals surface area contributed by atoms with Gasteiger partial charge < -0.3 is 138 Å². The monoisotopic (exact) mass is 1740 g/mol. The Balaban J connectivity index is 0.00000135. The molecule has 0 N–H and O–H groups in total. The third-order valence-electron chi connectivity index (χ3n) is 18.7. The number of likely N-dealkylation sites (N-methyl/N-ethyl adjacent to an activating group) is 2. The molecule has 30 nitrogen and oxygen atoms in total. The summed E-state index contributed by atoms with van der Waals surface area (Å²) >= 11 is 0. The van der Waals surface area contributed by atoms with Gasteiger partial charge in [-0.15, -0.1) is 0 Å². The van der Waals surface area contributed by atoms with Gasteiger partial charge in [-0.2, -0.15) is 0 Å². The smallest absolute Gasteiger partial charge is 0.115 e. The van der Waals surface area contributed by atoms with Gasteiger partial charge in [-0.05, 0) is 203 Å². The molecule has 7 rings (SSSR count). The van der Waals surface area contributed by atoms with E-state index in [1.54, 1.807) is 14.2 Å². The molecule has 0 saturated carbocycles. The molecule has 0 spiro atoms. The van der Waals surface area contributed by atoms with Gasteiger partial charge >= 0.3 is 0 Å². The summed E-state index contributed by atoms with van der Waals surface area (Å²) in [5, 5.41) is 0. The van der Waals surface area contributed by atoms with Crippen molar-refractivity contribution in [2.24, 2.45) is 0 Å². The zero-order valence-corrected chi connectivity index (χ0v) is 80.4. The van der Waals surface area contributed by atoms with Crippen LogP contribution in [0.1, 0.15) is 169 Å². The number of ether oxygens (including phenoxy) is 25. The number of likely N-dealkylation sites (tertiary alicyclic amines) is 2. The molecule has 0 amide bonds. The Bertz CT molecular complexity index is 1930. The fourth-order valence-electron chi connectivity index (χ4n) is 12.0. The Morgan fingerprint density at radius 1 is 0.300 bits per heavy atom. The first-order valence-corrected chi connectivity index (χ1v) is 46.3. The Hall–Kier alpha value is -1.20. The third-order valence-corrected chi connectivity index (χ3v) is 18.7. The van der Waals surface area contributed by atoms with Gasteiger partial charge in [0.05, 0.1) is 273 Å². The largest absolute Gasteiger partial charge is 0.382 e. The molecule has 0 bridgehead atoms. The fourth-order valence-corrected chi connectivity index (χ4v) is 12.0. The number of rotatable bonds is 59. The highest BCUT2D eigenvalue weighted by Crippen LogP contribution is 2.30. The molecule has 7 saturated heterocycles. The summed E-state index contributed by atoms with van der Waals surface area (Å²) < 4.78 is 135. The zero-order valence-electron chi connectivity index (χ0n) is 80.4. The summed E-state index contributed by atoms with van der Waals surface area (Å²) in [7, 11) is 9.59. The second-order valence-corrected chi connectivity index (χ2v) is 32.9. The zero-order chi connectivity index (χ0) is 88.5. The van der Waals surface area contributed by atoms with Crippen LogP contribution in [0.25, 0.3) is 0 Å². The first-order valence-electron chi connectivity index (χ1n) is 46.3. The molecule has 7 heterocycles. The standard InChI is InChI=1S/C13H26O4.C12H26N2O2.2C12H25NO2.C12H22O5.C12H24O5.C9H21NO2.C8H18O3/c1-12(2)16-10-9-14-7-8-15-11-13-5-3-4-6-17-13;1-12(2)16-11-10-15-9-8-14-6-4-13(3)5-7-14;2*1-12(2)15-11-10-14-9-8-13-6-4-3-5-7-13;1-8(2)14-4-5-15-10-7-17-11-9(13-3)6-16-12(10)11;1-11(2)16-7-5-13-3-4-14-9-12-10-15-6-8-17-12;1-9(2)12-8-7-11-6-5-10(3)4;1-8(2)11-7-6-10-5-4-9-3/h12-13H,3-11H2,1-2H3;12H,4-11H2,1-3H3;2*12H,3-11H2,1-2H3;8-12H,4-7H2,1-3H3;11-12H,3-10H2,1-2H3;9H,5-8H2,1-4H3;8H,4-7H2,1-3H3. The van der Waals surface area contributed by atoms with E-state index in [4.69, 9.17) is 118 Å². The number of hydrogen-bond acceptors (Lipinski definition) is 30. The highest BCUT2D eigenvalue weighted by Gasteiger charge is 2.48. The highest BCUT2D eigenvalue weighted by molar-refractivity contribution is 4.95. The van der Waals surface area contributed by atoms with Crippen molar-refractivity contribution in [2.75, 3.05) is 339 Å². The lowest BCUT2D eigenvalue weighted by Crippen LogP contribution is -2.45. The van der Waals surface area contributed by atoms with E-state index < -0.39 is 0 Å². The van der Waals surface area contributed by atoms with Crippen LogP contribution in [-0.2, 0) is 118 Å². The topological polar surface area (TPSA) is 247 Å². The average molecular weight is 1740 g/mol. The van der Waals surface area contributed by atoms with Crippen LogP contribution in [0, 0.1) is 0 Å². The first kappa shape index (κ1) is 119. The van der Waals surface area contributed by atoms with E-state index in [9.17, 15) is 0 Å². The van der Waals surface area contributed by atoms with Crippen LogP contribution in [0.4, 0.5) is 0 Å². The van der Waals surface area contributed by atoms with Crippen molar-refractivity contribution in [2.45, 2.75) is 254 Å². The summed E-state index contributed by atoms with van der Waals surface area (Å²) in [5.74, 6) is 0. The number of methoxy groups -OCH3 is 2. The Morgan fingerprint density at radius 3 is 0.992 bits per heavy atom. The molecule has 6 atom stereocenters. The molecular weight excluding hydrogens is 1550 g/mol. The van der Waals surface area contributed by atoms with E-state index in [-0.39, 0.29) is 48.8 Å². The predicted octanol–water partition coefficient (Wildman–Crippen LogP) is 10.1.